The number of aliphatic hydroxyl groups is 1. The van der Waals surface area contributed by atoms with E-state index >= 15 is 0 Å². The van der Waals surface area contributed by atoms with Gasteiger partial charge in [-0.2, -0.15) is 0 Å². The van der Waals surface area contributed by atoms with E-state index in [1.165, 1.54) is 0 Å². The third-order valence-electron chi connectivity index (χ3n) is 2.70. The molecule has 0 radical (unpaired) electrons. The van der Waals surface area contributed by atoms with Gasteiger partial charge in [0.1, 0.15) is 0 Å². The van der Waals surface area contributed by atoms with Crippen molar-refractivity contribution in [2.75, 3.05) is 6.61 Å². The number of aliphatic hydroxyl groups excluding tert-OH is 1. The minimum Gasteiger partial charge on any atom is -0.423 e. The lowest BCUT2D eigenvalue weighted by Crippen LogP contribution is -2.34. The molecule has 0 fully saturated rings. The maximum atomic E-state index is 9.40. The molecule has 0 aliphatic carbocycles. The minimum absolute atomic E-state index is 0.00192. The van der Waals surface area contributed by atoms with E-state index in [-0.39, 0.29) is 6.61 Å². The zero-order valence-electron chi connectivity index (χ0n) is 8.80. The summed E-state index contributed by atoms with van der Waals surface area (Å²) in [4.78, 5) is 0. The summed E-state index contributed by atoms with van der Waals surface area (Å²) in [6.45, 7) is -0.00192. The third kappa shape index (κ3) is 1.95. The molecule has 0 saturated heterocycles. The summed E-state index contributed by atoms with van der Waals surface area (Å²) in [5, 5.41) is 29.5. The molecule has 0 aliphatic heterocycles. The molecule has 0 spiro atoms. The monoisotopic (exact) mass is 216 g/mol. The third-order valence-corrected chi connectivity index (χ3v) is 2.70. The molecule has 0 bridgehead atoms. The van der Waals surface area contributed by atoms with Crippen molar-refractivity contribution in [1.29, 1.82) is 0 Å². The first-order valence-electron chi connectivity index (χ1n) is 5.21. The van der Waals surface area contributed by atoms with Crippen LogP contribution in [0, 0.1) is 0 Å². The summed E-state index contributed by atoms with van der Waals surface area (Å²) in [5.41, 5.74) is 1.27. The van der Waals surface area contributed by atoms with Gasteiger partial charge < -0.3 is 15.2 Å². The smallest absolute Gasteiger partial charge is 0.423 e. The van der Waals surface area contributed by atoms with Crippen LogP contribution in [0.3, 0.4) is 0 Å². The predicted octanol–water partition coefficient (Wildman–Crippen LogP) is 0.0544. The average molecular weight is 216 g/mol. The SMILES string of the molecule is OCCc1ccc2ccccc2c1B(O)O. The van der Waals surface area contributed by atoms with E-state index in [9.17, 15) is 10.0 Å². The van der Waals surface area contributed by atoms with Crippen LogP contribution in [0.1, 0.15) is 5.56 Å². The fourth-order valence-electron chi connectivity index (χ4n) is 1.98. The first kappa shape index (κ1) is 11.1. The van der Waals surface area contributed by atoms with E-state index in [1.807, 2.05) is 36.4 Å². The summed E-state index contributed by atoms with van der Waals surface area (Å²) in [6.07, 6.45) is 0.428. The molecule has 3 nitrogen and oxygen atoms in total. The zero-order chi connectivity index (χ0) is 11.5. The van der Waals surface area contributed by atoms with Gasteiger partial charge in [0.05, 0.1) is 0 Å². The first-order chi connectivity index (χ1) is 7.74. The van der Waals surface area contributed by atoms with Crippen molar-refractivity contribution in [2.24, 2.45) is 0 Å². The van der Waals surface area contributed by atoms with Crippen molar-refractivity contribution in [3.8, 4) is 0 Å². The van der Waals surface area contributed by atoms with Gasteiger partial charge in [-0.3, -0.25) is 0 Å². The van der Waals surface area contributed by atoms with Crippen LogP contribution in [0.4, 0.5) is 0 Å². The fraction of sp³-hybridized carbons (Fsp3) is 0.167. The Morgan fingerprint density at radius 1 is 1.00 bits per heavy atom. The van der Waals surface area contributed by atoms with Crippen LogP contribution < -0.4 is 5.46 Å². The van der Waals surface area contributed by atoms with E-state index in [2.05, 4.69) is 0 Å². The molecule has 0 aliphatic rings. The van der Waals surface area contributed by atoms with Gasteiger partial charge in [0, 0.05) is 6.61 Å². The molecular weight excluding hydrogens is 203 g/mol. The van der Waals surface area contributed by atoms with E-state index < -0.39 is 7.12 Å². The van der Waals surface area contributed by atoms with Gasteiger partial charge in [-0.25, -0.2) is 0 Å². The molecule has 4 heteroatoms. The molecule has 3 N–H and O–H groups in total. The Bertz CT molecular complexity index is 497. The van der Waals surface area contributed by atoms with Crippen molar-refractivity contribution in [3.63, 3.8) is 0 Å². The Balaban J connectivity index is 2.69. The van der Waals surface area contributed by atoms with Gasteiger partial charge in [-0.05, 0) is 28.2 Å². The second-order valence-electron chi connectivity index (χ2n) is 3.71. The van der Waals surface area contributed by atoms with Gasteiger partial charge in [0.25, 0.3) is 0 Å². The normalized spacial score (nSPS) is 10.7. The lowest BCUT2D eigenvalue weighted by atomic mass is 9.73. The Labute approximate surface area is 94.1 Å². The largest absolute Gasteiger partial charge is 0.489 e. The summed E-state index contributed by atoms with van der Waals surface area (Å²) in [5.74, 6) is 0. The highest BCUT2D eigenvalue weighted by Crippen LogP contribution is 2.14. The second-order valence-corrected chi connectivity index (χ2v) is 3.71. The minimum atomic E-state index is -1.51. The summed E-state index contributed by atoms with van der Waals surface area (Å²) in [7, 11) is -1.51. The molecule has 0 unspecified atom stereocenters. The van der Waals surface area contributed by atoms with Crippen LogP contribution in [0.2, 0.25) is 0 Å². The molecular formula is C12H13BO3. The summed E-state index contributed by atoms with van der Waals surface area (Å²) < 4.78 is 0. The molecule has 0 saturated carbocycles. The van der Waals surface area contributed by atoms with Crippen LogP contribution in [-0.4, -0.2) is 28.9 Å². The highest BCUT2D eigenvalue weighted by molar-refractivity contribution is 6.62. The molecule has 0 atom stereocenters. The van der Waals surface area contributed by atoms with Gasteiger partial charge in [0.15, 0.2) is 0 Å². The highest BCUT2D eigenvalue weighted by Gasteiger charge is 2.18. The number of benzene rings is 2. The van der Waals surface area contributed by atoms with Crippen molar-refractivity contribution >= 4 is 23.4 Å². The van der Waals surface area contributed by atoms with Crippen LogP contribution in [-0.2, 0) is 6.42 Å². The molecule has 0 heterocycles. The van der Waals surface area contributed by atoms with E-state index in [4.69, 9.17) is 5.11 Å². The molecule has 2 rings (SSSR count). The highest BCUT2D eigenvalue weighted by atomic mass is 16.4. The zero-order valence-corrected chi connectivity index (χ0v) is 8.80. The molecule has 0 aromatic heterocycles. The van der Waals surface area contributed by atoms with E-state index in [0.717, 1.165) is 16.3 Å². The van der Waals surface area contributed by atoms with E-state index in [1.54, 1.807) is 0 Å². The standard InChI is InChI=1S/C12H13BO3/c14-8-7-10-6-5-9-3-1-2-4-11(9)12(10)13(15)16/h1-6,14-16H,7-8H2. The van der Waals surface area contributed by atoms with Crippen LogP contribution in [0.25, 0.3) is 10.8 Å². The number of rotatable bonds is 3. The Morgan fingerprint density at radius 3 is 2.44 bits per heavy atom. The van der Waals surface area contributed by atoms with Gasteiger partial charge in [-0.1, -0.05) is 36.4 Å². The van der Waals surface area contributed by atoms with Crippen molar-refractivity contribution in [2.45, 2.75) is 6.42 Å². The van der Waals surface area contributed by atoms with Gasteiger partial charge >= 0.3 is 7.12 Å². The molecule has 82 valence electrons. The van der Waals surface area contributed by atoms with Crippen molar-refractivity contribution < 1.29 is 15.2 Å². The quantitative estimate of drug-likeness (QED) is 0.635. The number of hydrogen-bond donors (Lipinski definition) is 3. The Kier molecular flexibility index (Phi) is 3.24. The molecule has 2 aromatic carbocycles. The molecule has 16 heavy (non-hydrogen) atoms. The Morgan fingerprint density at radius 2 is 1.75 bits per heavy atom. The molecule has 0 amide bonds. The van der Waals surface area contributed by atoms with Crippen molar-refractivity contribution in [3.05, 3.63) is 42.0 Å². The molecule has 2 aromatic rings. The van der Waals surface area contributed by atoms with Crippen LogP contribution in [0.15, 0.2) is 36.4 Å². The predicted molar refractivity (Wildman–Crippen MR) is 64.6 cm³/mol. The van der Waals surface area contributed by atoms with Crippen LogP contribution in [0.5, 0.6) is 0 Å². The lowest BCUT2D eigenvalue weighted by molar-refractivity contribution is 0.300. The summed E-state index contributed by atoms with van der Waals surface area (Å²) >= 11 is 0. The topological polar surface area (TPSA) is 60.7 Å². The lowest BCUT2D eigenvalue weighted by Gasteiger charge is -2.11. The van der Waals surface area contributed by atoms with Gasteiger partial charge in [0.2, 0.25) is 0 Å². The number of hydrogen-bond acceptors (Lipinski definition) is 3. The maximum Gasteiger partial charge on any atom is 0.489 e. The maximum absolute atomic E-state index is 9.40. The van der Waals surface area contributed by atoms with Crippen molar-refractivity contribution in [1.82, 2.24) is 0 Å². The van der Waals surface area contributed by atoms with Crippen LogP contribution >= 0.6 is 0 Å². The first-order valence-corrected chi connectivity index (χ1v) is 5.21. The summed E-state index contributed by atoms with van der Waals surface area (Å²) in [6, 6.07) is 11.3. The fourth-order valence-corrected chi connectivity index (χ4v) is 1.98. The second kappa shape index (κ2) is 4.66. The van der Waals surface area contributed by atoms with E-state index in [0.29, 0.717) is 11.9 Å². The number of fused-ring (bicyclic) bond motifs is 1. The average Bonchev–Trinajstić information content (AvgIpc) is 2.28. The van der Waals surface area contributed by atoms with Gasteiger partial charge in [-0.15, -0.1) is 0 Å². The Hall–Kier alpha value is -1.36.